The molecule has 0 saturated heterocycles. The average molecular weight is 219 g/mol. The van der Waals surface area contributed by atoms with Crippen LogP contribution in [0.4, 0.5) is 0 Å². The Morgan fingerprint density at radius 2 is 1.75 bits per heavy atom. The molecule has 16 heavy (non-hydrogen) atoms. The highest BCUT2D eigenvalue weighted by atomic mass is 15.2. The van der Waals surface area contributed by atoms with Crippen molar-refractivity contribution in [3.8, 4) is 0 Å². The van der Waals surface area contributed by atoms with Crippen LogP contribution in [0.5, 0.6) is 0 Å². The van der Waals surface area contributed by atoms with Crippen LogP contribution >= 0.6 is 0 Å². The van der Waals surface area contributed by atoms with Gasteiger partial charge < -0.3 is 0 Å². The van der Waals surface area contributed by atoms with E-state index >= 15 is 0 Å². The predicted molar refractivity (Wildman–Crippen MR) is 67.8 cm³/mol. The van der Waals surface area contributed by atoms with Gasteiger partial charge in [-0.15, -0.1) is 10.2 Å². The second-order valence-electron chi connectivity index (χ2n) is 4.71. The summed E-state index contributed by atoms with van der Waals surface area (Å²) in [7, 11) is 0. The summed E-state index contributed by atoms with van der Waals surface area (Å²) < 4.78 is 2.05. The van der Waals surface area contributed by atoms with E-state index in [1.165, 1.54) is 5.56 Å². The van der Waals surface area contributed by atoms with Crippen LogP contribution < -0.4 is 0 Å². The lowest BCUT2D eigenvalue weighted by Crippen LogP contribution is -2.15. The number of fused-ring (bicyclic) bond motifs is 1. The van der Waals surface area contributed by atoms with Gasteiger partial charge in [-0.3, -0.25) is 4.40 Å². The van der Waals surface area contributed by atoms with Gasteiger partial charge in [-0.25, -0.2) is 0 Å². The highest BCUT2D eigenvalue weighted by Gasteiger charge is 2.20. The zero-order valence-corrected chi connectivity index (χ0v) is 11.1. The van der Waals surface area contributed by atoms with Crippen molar-refractivity contribution < 1.29 is 0 Å². The normalized spacial score (nSPS) is 11.1. The number of aromatic nitrogens is 3. The molecule has 0 bridgehead atoms. The molecule has 0 aromatic carbocycles. The van der Waals surface area contributed by atoms with E-state index in [1.807, 2.05) is 30.5 Å². The maximum atomic E-state index is 4.22. The van der Waals surface area contributed by atoms with Crippen LogP contribution in [0.25, 0.3) is 5.65 Å². The lowest BCUT2D eigenvalue weighted by molar-refractivity contribution is 0.538. The van der Waals surface area contributed by atoms with Crippen molar-refractivity contribution in [2.24, 2.45) is 0 Å². The number of aryl methyl sites for hydroxylation is 1. The van der Waals surface area contributed by atoms with Crippen LogP contribution in [0.1, 0.15) is 46.0 Å². The molecular formula is C13H21N3. The van der Waals surface area contributed by atoms with E-state index in [1.54, 1.807) is 0 Å². The van der Waals surface area contributed by atoms with Gasteiger partial charge in [0.15, 0.2) is 5.65 Å². The third kappa shape index (κ3) is 2.40. The summed E-state index contributed by atoms with van der Waals surface area (Å²) >= 11 is 0. The van der Waals surface area contributed by atoms with E-state index in [9.17, 15) is 0 Å². The molecule has 0 spiro atoms. The molecule has 2 aromatic heterocycles. The Labute approximate surface area is 97.5 Å². The van der Waals surface area contributed by atoms with E-state index in [4.69, 9.17) is 0 Å². The topological polar surface area (TPSA) is 30.2 Å². The largest absolute Gasteiger partial charge is 0.286 e. The maximum Gasteiger partial charge on any atom is 0.161 e. The van der Waals surface area contributed by atoms with Crippen molar-refractivity contribution in [3.63, 3.8) is 0 Å². The Bertz CT molecular complexity index is 463. The van der Waals surface area contributed by atoms with Gasteiger partial charge in [-0.1, -0.05) is 34.6 Å². The van der Waals surface area contributed by atoms with Crippen molar-refractivity contribution in [1.82, 2.24) is 14.6 Å². The molecule has 0 aliphatic carbocycles. The first-order chi connectivity index (χ1) is 7.48. The van der Waals surface area contributed by atoms with Crippen LogP contribution in [-0.2, 0) is 5.41 Å². The summed E-state index contributed by atoms with van der Waals surface area (Å²) in [5, 5.41) is 8.38. The molecule has 0 aliphatic heterocycles. The van der Waals surface area contributed by atoms with Gasteiger partial charge in [0.05, 0.1) is 0 Å². The Balaban J connectivity index is 0.000000606. The van der Waals surface area contributed by atoms with Gasteiger partial charge in [0.2, 0.25) is 0 Å². The Morgan fingerprint density at radius 3 is 2.31 bits per heavy atom. The van der Waals surface area contributed by atoms with Crippen molar-refractivity contribution in [3.05, 3.63) is 29.7 Å². The highest BCUT2D eigenvalue weighted by molar-refractivity contribution is 5.41. The van der Waals surface area contributed by atoms with Crippen LogP contribution in [-0.4, -0.2) is 14.6 Å². The molecule has 88 valence electrons. The van der Waals surface area contributed by atoms with Crippen molar-refractivity contribution in [2.75, 3.05) is 0 Å². The fourth-order valence-corrected chi connectivity index (χ4v) is 1.50. The molecule has 2 rings (SSSR count). The number of hydrogen-bond acceptors (Lipinski definition) is 2. The quantitative estimate of drug-likeness (QED) is 0.680. The molecule has 0 saturated carbocycles. The van der Waals surface area contributed by atoms with Crippen molar-refractivity contribution >= 4 is 5.65 Å². The summed E-state index contributed by atoms with van der Waals surface area (Å²) in [5.41, 5.74) is 2.18. The summed E-state index contributed by atoms with van der Waals surface area (Å²) in [5.74, 6) is 1.01. The van der Waals surface area contributed by atoms with Gasteiger partial charge in [-0.05, 0) is 24.6 Å². The van der Waals surface area contributed by atoms with Crippen LogP contribution in [0.2, 0.25) is 0 Å². The number of hydrogen-bond donors (Lipinski definition) is 0. The molecule has 0 radical (unpaired) electrons. The molecule has 3 nitrogen and oxygen atoms in total. The van der Waals surface area contributed by atoms with Gasteiger partial charge in [0.25, 0.3) is 0 Å². The van der Waals surface area contributed by atoms with E-state index in [-0.39, 0.29) is 5.41 Å². The Kier molecular flexibility index (Phi) is 3.68. The van der Waals surface area contributed by atoms with Gasteiger partial charge in [0, 0.05) is 11.6 Å². The van der Waals surface area contributed by atoms with Crippen LogP contribution in [0.15, 0.2) is 18.3 Å². The lowest BCUT2D eigenvalue weighted by Gasteiger charge is -2.15. The standard InChI is InChI=1S/C11H15N3.C2H6/c1-8-5-6-14-9(7-8)12-13-10(14)11(2,3)4;1-2/h5-7H,1-4H3;1-2H3. The smallest absolute Gasteiger partial charge is 0.161 e. The summed E-state index contributed by atoms with van der Waals surface area (Å²) in [6.07, 6.45) is 2.03. The van der Waals surface area contributed by atoms with Crippen molar-refractivity contribution in [1.29, 1.82) is 0 Å². The number of rotatable bonds is 0. The average Bonchev–Trinajstić information content (AvgIpc) is 2.62. The van der Waals surface area contributed by atoms with E-state index in [0.717, 1.165) is 11.5 Å². The van der Waals surface area contributed by atoms with Crippen LogP contribution in [0.3, 0.4) is 0 Å². The second kappa shape index (κ2) is 4.64. The third-order valence-corrected chi connectivity index (χ3v) is 2.24. The van der Waals surface area contributed by atoms with Gasteiger partial charge in [0.1, 0.15) is 5.82 Å². The van der Waals surface area contributed by atoms with Crippen LogP contribution in [0, 0.1) is 6.92 Å². The zero-order chi connectivity index (χ0) is 12.3. The predicted octanol–water partition coefficient (Wildman–Crippen LogP) is 3.36. The Morgan fingerprint density at radius 1 is 1.12 bits per heavy atom. The fourth-order valence-electron chi connectivity index (χ4n) is 1.50. The molecule has 0 amide bonds. The van der Waals surface area contributed by atoms with Crippen molar-refractivity contribution in [2.45, 2.75) is 47.0 Å². The Hall–Kier alpha value is -1.38. The molecule has 3 heteroatoms. The van der Waals surface area contributed by atoms with Gasteiger partial charge >= 0.3 is 0 Å². The minimum Gasteiger partial charge on any atom is -0.286 e. The molecule has 0 fully saturated rings. The maximum absolute atomic E-state index is 4.22. The number of nitrogens with zero attached hydrogens (tertiary/aromatic N) is 3. The number of pyridine rings is 1. The lowest BCUT2D eigenvalue weighted by atomic mass is 9.96. The molecule has 2 aromatic rings. The minimum absolute atomic E-state index is 0.0364. The molecule has 0 aliphatic rings. The molecule has 0 N–H and O–H groups in total. The monoisotopic (exact) mass is 219 g/mol. The summed E-state index contributed by atoms with van der Waals surface area (Å²) in [6.45, 7) is 12.5. The molecule has 0 unspecified atom stereocenters. The minimum atomic E-state index is 0.0364. The zero-order valence-electron chi connectivity index (χ0n) is 11.1. The fraction of sp³-hybridized carbons (Fsp3) is 0.538. The van der Waals surface area contributed by atoms with Gasteiger partial charge in [-0.2, -0.15) is 0 Å². The van der Waals surface area contributed by atoms with E-state index in [0.29, 0.717) is 0 Å². The first-order valence-corrected chi connectivity index (χ1v) is 5.80. The summed E-state index contributed by atoms with van der Waals surface area (Å²) in [4.78, 5) is 0. The van der Waals surface area contributed by atoms with E-state index < -0.39 is 0 Å². The highest BCUT2D eigenvalue weighted by Crippen LogP contribution is 2.20. The molecular weight excluding hydrogens is 198 g/mol. The second-order valence-corrected chi connectivity index (χ2v) is 4.71. The third-order valence-electron chi connectivity index (χ3n) is 2.24. The first kappa shape index (κ1) is 12.7. The molecule has 2 heterocycles. The molecule has 0 atom stereocenters. The first-order valence-electron chi connectivity index (χ1n) is 5.80. The SMILES string of the molecule is CC.Cc1ccn2c(C(C)(C)C)nnc2c1. The van der Waals surface area contributed by atoms with E-state index in [2.05, 4.69) is 44.0 Å². The summed E-state index contributed by atoms with van der Waals surface area (Å²) in [6, 6.07) is 4.12.